The molecule has 3 aromatic carbocycles. The van der Waals surface area contributed by atoms with Crippen molar-refractivity contribution in [3.8, 4) is 5.75 Å². The minimum absolute atomic E-state index is 0.0707. The summed E-state index contributed by atoms with van der Waals surface area (Å²) in [6.45, 7) is 1.76. The number of halogens is 1. The van der Waals surface area contributed by atoms with Gasteiger partial charge >= 0.3 is 0 Å². The highest BCUT2D eigenvalue weighted by Crippen LogP contribution is 2.23. The van der Waals surface area contributed by atoms with Crippen molar-refractivity contribution < 1.29 is 9.90 Å². The second-order valence-corrected chi connectivity index (χ2v) is 7.52. The number of benzene rings is 3. The van der Waals surface area contributed by atoms with Crippen LogP contribution in [-0.2, 0) is 6.54 Å². The SMILES string of the molecule is CN(C/C=C/c1ccc(/C=N/NC(=O)c2ccc(O)c(Cl)c2)cc1)Cc1ccccc1. The molecule has 0 fully saturated rings. The van der Waals surface area contributed by atoms with Crippen LogP contribution in [0.15, 0.2) is 84.0 Å². The van der Waals surface area contributed by atoms with Crippen LogP contribution in [0.2, 0.25) is 5.02 Å². The molecule has 6 heteroatoms. The van der Waals surface area contributed by atoms with Crippen molar-refractivity contribution in [1.82, 2.24) is 10.3 Å². The topological polar surface area (TPSA) is 64.9 Å². The molecule has 0 bridgehead atoms. The smallest absolute Gasteiger partial charge is 0.271 e. The summed E-state index contributed by atoms with van der Waals surface area (Å²) in [6, 6.07) is 22.5. The number of aromatic hydroxyl groups is 1. The summed E-state index contributed by atoms with van der Waals surface area (Å²) in [4.78, 5) is 14.3. The average molecular weight is 434 g/mol. The first-order valence-corrected chi connectivity index (χ1v) is 10.2. The molecule has 0 aliphatic rings. The number of hydrazone groups is 1. The minimum Gasteiger partial charge on any atom is -0.506 e. The lowest BCUT2D eigenvalue weighted by molar-refractivity contribution is 0.0955. The van der Waals surface area contributed by atoms with E-state index in [0.29, 0.717) is 5.56 Å². The summed E-state index contributed by atoms with van der Waals surface area (Å²) < 4.78 is 0. The Balaban J connectivity index is 1.47. The van der Waals surface area contributed by atoms with Crippen molar-refractivity contribution in [2.45, 2.75) is 6.54 Å². The molecular formula is C25H24ClN3O2. The van der Waals surface area contributed by atoms with Crippen LogP contribution in [0, 0.1) is 0 Å². The number of hydrogen-bond acceptors (Lipinski definition) is 4. The third-order valence-corrected chi connectivity index (χ3v) is 4.85. The summed E-state index contributed by atoms with van der Waals surface area (Å²) >= 11 is 5.82. The molecule has 31 heavy (non-hydrogen) atoms. The lowest BCUT2D eigenvalue weighted by atomic mass is 10.1. The van der Waals surface area contributed by atoms with E-state index in [0.717, 1.165) is 24.2 Å². The first-order chi connectivity index (χ1) is 15.0. The first-order valence-electron chi connectivity index (χ1n) is 9.82. The zero-order chi connectivity index (χ0) is 22.1. The molecule has 1 amide bonds. The first kappa shape index (κ1) is 22.3. The fourth-order valence-electron chi connectivity index (χ4n) is 2.90. The molecule has 0 aliphatic carbocycles. The molecule has 5 nitrogen and oxygen atoms in total. The van der Waals surface area contributed by atoms with E-state index >= 15 is 0 Å². The van der Waals surface area contributed by atoms with Gasteiger partial charge in [-0.3, -0.25) is 9.69 Å². The highest BCUT2D eigenvalue weighted by molar-refractivity contribution is 6.32. The van der Waals surface area contributed by atoms with Crippen molar-refractivity contribution in [2.24, 2.45) is 5.10 Å². The molecule has 0 unspecified atom stereocenters. The average Bonchev–Trinajstić information content (AvgIpc) is 2.77. The van der Waals surface area contributed by atoms with Crippen LogP contribution < -0.4 is 5.43 Å². The Hall–Kier alpha value is -3.41. The van der Waals surface area contributed by atoms with Crippen LogP contribution in [-0.4, -0.2) is 35.7 Å². The van der Waals surface area contributed by atoms with E-state index in [9.17, 15) is 9.90 Å². The standard InChI is InChI=1S/C25H24ClN3O2/c1-29(18-21-6-3-2-4-7-21)15-5-8-19-9-11-20(12-10-19)17-27-28-25(31)22-13-14-24(30)23(26)16-22/h2-14,16-17,30H,15,18H2,1H3,(H,28,31)/b8-5+,27-17+. The highest BCUT2D eigenvalue weighted by Gasteiger charge is 2.07. The summed E-state index contributed by atoms with van der Waals surface area (Å²) in [6.07, 6.45) is 5.79. The minimum atomic E-state index is -0.405. The third kappa shape index (κ3) is 7.10. The summed E-state index contributed by atoms with van der Waals surface area (Å²) in [5.74, 6) is -0.476. The van der Waals surface area contributed by atoms with Crippen molar-refractivity contribution in [3.05, 3.63) is 106 Å². The quantitative estimate of drug-likeness (QED) is 0.390. The number of phenols is 1. The molecule has 3 rings (SSSR count). The van der Waals surface area contributed by atoms with E-state index in [2.05, 4.69) is 58.9 Å². The van der Waals surface area contributed by atoms with Crippen LogP contribution in [0.5, 0.6) is 5.75 Å². The molecule has 0 radical (unpaired) electrons. The maximum atomic E-state index is 12.1. The number of nitrogens with zero attached hydrogens (tertiary/aromatic N) is 2. The van der Waals surface area contributed by atoms with Gasteiger partial charge in [-0.1, -0.05) is 78.4 Å². The number of hydrogen-bond donors (Lipinski definition) is 2. The lowest BCUT2D eigenvalue weighted by Gasteiger charge is -2.14. The molecule has 0 spiro atoms. The van der Waals surface area contributed by atoms with Crippen molar-refractivity contribution in [1.29, 1.82) is 0 Å². The van der Waals surface area contributed by atoms with Gasteiger partial charge in [-0.05, 0) is 41.9 Å². The molecule has 2 N–H and O–H groups in total. The fraction of sp³-hybridized carbons (Fsp3) is 0.120. The van der Waals surface area contributed by atoms with Crippen LogP contribution in [0.1, 0.15) is 27.0 Å². The normalized spacial score (nSPS) is 11.5. The number of likely N-dealkylation sites (N-methyl/N-ethyl adjacent to an activating group) is 1. The van der Waals surface area contributed by atoms with E-state index in [1.165, 1.54) is 23.8 Å². The van der Waals surface area contributed by atoms with Crippen LogP contribution in [0.3, 0.4) is 0 Å². The van der Waals surface area contributed by atoms with Crippen LogP contribution >= 0.6 is 11.6 Å². The van der Waals surface area contributed by atoms with E-state index in [1.807, 2.05) is 30.3 Å². The largest absolute Gasteiger partial charge is 0.506 e. The Morgan fingerprint density at radius 2 is 1.77 bits per heavy atom. The maximum absolute atomic E-state index is 12.1. The van der Waals surface area contributed by atoms with Crippen molar-refractivity contribution in [3.63, 3.8) is 0 Å². The Kier molecular flexibility index (Phi) is 7.98. The number of carbonyl (C=O) groups is 1. The number of carbonyl (C=O) groups excluding carboxylic acids is 1. The monoisotopic (exact) mass is 433 g/mol. The van der Waals surface area contributed by atoms with Gasteiger partial charge < -0.3 is 5.11 Å². The molecule has 3 aromatic rings. The molecular weight excluding hydrogens is 410 g/mol. The van der Waals surface area contributed by atoms with Gasteiger partial charge in [0.15, 0.2) is 0 Å². The summed E-state index contributed by atoms with van der Waals surface area (Å²) in [5.41, 5.74) is 6.01. The van der Waals surface area contributed by atoms with Gasteiger partial charge in [0.25, 0.3) is 5.91 Å². The fourth-order valence-corrected chi connectivity index (χ4v) is 3.08. The molecule has 0 atom stereocenters. The maximum Gasteiger partial charge on any atom is 0.271 e. The van der Waals surface area contributed by atoms with Gasteiger partial charge in [0.1, 0.15) is 5.75 Å². The van der Waals surface area contributed by atoms with Gasteiger partial charge in [-0.2, -0.15) is 5.10 Å². The van der Waals surface area contributed by atoms with Gasteiger partial charge in [0.2, 0.25) is 0 Å². The second-order valence-electron chi connectivity index (χ2n) is 7.12. The zero-order valence-electron chi connectivity index (χ0n) is 17.2. The highest BCUT2D eigenvalue weighted by atomic mass is 35.5. The Labute approximate surface area is 187 Å². The predicted octanol–water partition coefficient (Wildman–Crippen LogP) is 4.95. The van der Waals surface area contributed by atoms with Crippen LogP contribution in [0.4, 0.5) is 0 Å². The van der Waals surface area contributed by atoms with Crippen LogP contribution in [0.25, 0.3) is 6.08 Å². The number of amides is 1. The van der Waals surface area contributed by atoms with Gasteiger partial charge in [0, 0.05) is 18.7 Å². The molecule has 0 aliphatic heterocycles. The van der Waals surface area contributed by atoms with E-state index in [1.54, 1.807) is 6.21 Å². The number of phenolic OH excluding ortho intramolecular Hbond substituents is 1. The van der Waals surface area contributed by atoms with Gasteiger partial charge in [0.05, 0.1) is 11.2 Å². The van der Waals surface area contributed by atoms with Gasteiger partial charge in [-0.25, -0.2) is 5.43 Å². The predicted molar refractivity (Wildman–Crippen MR) is 126 cm³/mol. The molecule has 0 saturated carbocycles. The third-order valence-electron chi connectivity index (χ3n) is 4.55. The molecule has 158 valence electrons. The summed E-state index contributed by atoms with van der Waals surface area (Å²) in [5, 5.41) is 13.5. The number of nitrogens with one attached hydrogen (secondary N) is 1. The molecule has 0 aromatic heterocycles. The second kappa shape index (κ2) is 11.1. The van der Waals surface area contributed by atoms with E-state index < -0.39 is 5.91 Å². The van der Waals surface area contributed by atoms with Gasteiger partial charge in [-0.15, -0.1) is 0 Å². The molecule has 0 saturated heterocycles. The van der Waals surface area contributed by atoms with E-state index in [-0.39, 0.29) is 10.8 Å². The Morgan fingerprint density at radius 1 is 1.06 bits per heavy atom. The molecule has 0 heterocycles. The Morgan fingerprint density at radius 3 is 2.48 bits per heavy atom. The Bertz CT molecular complexity index is 1060. The summed E-state index contributed by atoms with van der Waals surface area (Å²) in [7, 11) is 2.09. The van der Waals surface area contributed by atoms with E-state index in [4.69, 9.17) is 11.6 Å². The zero-order valence-corrected chi connectivity index (χ0v) is 18.0. The van der Waals surface area contributed by atoms with Crippen molar-refractivity contribution in [2.75, 3.05) is 13.6 Å². The van der Waals surface area contributed by atoms with Crippen molar-refractivity contribution >= 4 is 29.8 Å². The lowest BCUT2D eigenvalue weighted by Crippen LogP contribution is -2.17. The number of rotatable bonds is 8.